The number of likely N-dealkylation sites (tertiary alicyclic amines) is 1. The molecule has 2 fully saturated rings. The van der Waals surface area contributed by atoms with Crippen LogP contribution in [-0.4, -0.2) is 29.9 Å². The van der Waals surface area contributed by atoms with Gasteiger partial charge in [-0.2, -0.15) is 0 Å². The summed E-state index contributed by atoms with van der Waals surface area (Å²) in [5.41, 5.74) is 5.69. The molecular formula is C16H31ClN2O. The SMILES string of the molecule is Cl.NCCC1CCCCN1C(=O)CC1CCCCCC1. The maximum atomic E-state index is 12.5. The van der Waals surface area contributed by atoms with Crippen LogP contribution in [0.3, 0.4) is 0 Å². The van der Waals surface area contributed by atoms with Crippen LogP contribution < -0.4 is 5.73 Å². The van der Waals surface area contributed by atoms with E-state index in [1.54, 1.807) is 0 Å². The van der Waals surface area contributed by atoms with Gasteiger partial charge in [0.25, 0.3) is 0 Å². The summed E-state index contributed by atoms with van der Waals surface area (Å²) in [6.07, 6.45) is 13.3. The normalized spacial score (nSPS) is 24.9. The van der Waals surface area contributed by atoms with Gasteiger partial charge in [0.2, 0.25) is 5.91 Å². The number of carbonyl (C=O) groups excluding carboxylic acids is 1. The Kier molecular flexibility index (Phi) is 8.55. The summed E-state index contributed by atoms with van der Waals surface area (Å²) in [7, 11) is 0. The largest absolute Gasteiger partial charge is 0.340 e. The molecule has 2 rings (SSSR count). The Morgan fingerprint density at radius 2 is 1.65 bits per heavy atom. The third kappa shape index (κ3) is 5.25. The van der Waals surface area contributed by atoms with Gasteiger partial charge < -0.3 is 10.6 Å². The van der Waals surface area contributed by atoms with Crippen molar-refractivity contribution in [3.05, 3.63) is 0 Å². The minimum Gasteiger partial charge on any atom is -0.340 e. The molecule has 0 aromatic rings. The standard InChI is InChI=1S/C16H30N2O.ClH/c17-11-10-15-9-5-6-12-18(15)16(19)13-14-7-3-1-2-4-8-14;/h14-15H,1-13,17H2;1H. The summed E-state index contributed by atoms with van der Waals surface area (Å²) in [5, 5.41) is 0. The van der Waals surface area contributed by atoms with Crippen LogP contribution in [0.1, 0.15) is 70.6 Å². The molecule has 0 spiro atoms. The van der Waals surface area contributed by atoms with Crippen LogP contribution in [0, 0.1) is 5.92 Å². The lowest BCUT2D eigenvalue weighted by Crippen LogP contribution is -2.45. The first-order valence-corrected chi connectivity index (χ1v) is 8.31. The van der Waals surface area contributed by atoms with E-state index in [0.29, 0.717) is 24.4 Å². The van der Waals surface area contributed by atoms with Gasteiger partial charge in [-0.1, -0.05) is 25.7 Å². The van der Waals surface area contributed by atoms with Crippen LogP contribution >= 0.6 is 12.4 Å². The molecular weight excluding hydrogens is 272 g/mol. The number of hydrogen-bond donors (Lipinski definition) is 1. The molecule has 2 N–H and O–H groups in total. The van der Waals surface area contributed by atoms with Crippen molar-refractivity contribution in [1.82, 2.24) is 4.90 Å². The van der Waals surface area contributed by atoms with Gasteiger partial charge in [0.1, 0.15) is 0 Å². The van der Waals surface area contributed by atoms with Gasteiger partial charge in [0, 0.05) is 19.0 Å². The summed E-state index contributed by atoms with van der Waals surface area (Å²) in [4.78, 5) is 14.7. The van der Waals surface area contributed by atoms with Crippen LogP contribution in [0.2, 0.25) is 0 Å². The molecule has 0 bridgehead atoms. The van der Waals surface area contributed by atoms with Crippen molar-refractivity contribution in [3.63, 3.8) is 0 Å². The second-order valence-corrected chi connectivity index (χ2v) is 6.38. The molecule has 3 nitrogen and oxygen atoms in total. The van der Waals surface area contributed by atoms with Crippen LogP contribution in [0.25, 0.3) is 0 Å². The smallest absolute Gasteiger partial charge is 0.223 e. The van der Waals surface area contributed by atoms with E-state index in [1.165, 1.54) is 51.4 Å². The van der Waals surface area contributed by atoms with Crippen molar-refractivity contribution in [2.24, 2.45) is 11.7 Å². The van der Waals surface area contributed by atoms with Crippen molar-refractivity contribution in [1.29, 1.82) is 0 Å². The minimum atomic E-state index is 0. The second-order valence-electron chi connectivity index (χ2n) is 6.38. The predicted molar refractivity (Wildman–Crippen MR) is 86.1 cm³/mol. The quantitative estimate of drug-likeness (QED) is 0.808. The fourth-order valence-corrected chi connectivity index (χ4v) is 3.75. The van der Waals surface area contributed by atoms with Crippen molar-refractivity contribution < 1.29 is 4.79 Å². The van der Waals surface area contributed by atoms with Gasteiger partial charge in [0.05, 0.1) is 0 Å². The molecule has 0 radical (unpaired) electrons. The Labute approximate surface area is 130 Å². The summed E-state index contributed by atoms with van der Waals surface area (Å²) in [6.45, 7) is 1.67. The third-order valence-corrected chi connectivity index (χ3v) is 4.89. The molecule has 1 saturated carbocycles. The molecule has 1 unspecified atom stereocenters. The summed E-state index contributed by atoms with van der Waals surface area (Å²) in [5.74, 6) is 1.06. The molecule has 2 aliphatic rings. The monoisotopic (exact) mass is 302 g/mol. The molecule has 4 heteroatoms. The van der Waals surface area contributed by atoms with E-state index in [4.69, 9.17) is 5.73 Å². The molecule has 1 atom stereocenters. The average Bonchev–Trinajstić information content (AvgIpc) is 2.68. The van der Waals surface area contributed by atoms with Gasteiger partial charge in [-0.25, -0.2) is 0 Å². The van der Waals surface area contributed by atoms with E-state index in [0.717, 1.165) is 25.8 Å². The highest BCUT2D eigenvalue weighted by Crippen LogP contribution is 2.28. The van der Waals surface area contributed by atoms with E-state index < -0.39 is 0 Å². The number of piperidine rings is 1. The second kappa shape index (κ2) is 9.62. The maximum absolute atomic E-state index is 12.5. The number of rotatable bonds is 4. The van der Waals surface area contributed by atoms with Crippen molar-refractivity contribution in [2.75, 3.05) is 13.1 Å². The third-order valence-electron chi connectivity index (χ3n) is 4.89. The zero-order valence-electron chi connectivity index (χ0n) is 12.7. The lowest BCUT2D eigenvalue weighted by Gasteiger charge is -2.36. The average molecular weight is 303 g/mol. The Morgan fingerprint density at radius 3 is 2.30 bits per heavy atom. The van der Waals surface area contributed by atoms with Crippen molar-refractivity contribution >= 4 is 18.3 Å². The Morgan fingerprint density at radius 1 is 1.00 bits per heavy atom. The van der Waals surface area contributed by atoms with Gasteiger partial charge >= 0.3 is 0 Å². The van der Waals surface area contributed by atoms with Gasteiger partial charge in [0.15, 0.2) is 0 Å². The highest BCUT2D eigenvalue weighted by atomic mass is 35.5. The van der Waals surface area contributed by atoms with Crippen LogP contribution in [0.15, 0.2) is 0 Å². The van der Waals surface area contributed by atoms with Gasteiger partial charge in [-0.15, -0.1) is 12.4 Å². The topological polar surface area (TPSA) is 46.3 Å². The molecule has 118 valence electrons. The van der Waals surface area contributed by atoms with E-state index in [1.807, 2.05) is 0 Å². The van der Waals surface area contributed by atoms with Crippen LogP contribution in [0.5, 0.6) is 0 Å². The number of halogens is 1. The molecule has 1 saturated heterocycles. The first-order valence-electron chi connectivity index (χ1n) is 8.31. The Bertz CT molecular complexity index is 276. The lowest BCUT2D eigenvalue weighted by atomic mass is 9.93. The summed E-state index contributed by atoms with van der Waals surface area (Å²) < 4.78 is 0. The minimum absolute atomic E-state index is 0. The summed E-state index contributed by atoms with van der Waals surface area (Å²) in [6, 6.07) is 0.428. The van der Waals surface area contributed by atoms with Crippen molar-refractivity contribution in [3.8, 4) is 0 Å². The van der Waals surface area contributed by atoms with E-state index in [9.17, 15) is 4.79 Å². The van der Waals surface area contributed by atoms with E-state index >= 15 is 0 Å². The Hall–Kier alpha value is -0.280. The number of hydrogen-bond acceptors (Lipinski definition) is 2. The zero-order chi connectivity index (χ0) is 13.5. The van der Waals surface area contributed by atoms with Gasteiger partial charge in [-0.3, -0.25) is 4.79 Å². The highest BCUT2D eigenvalue weighted by Gasteiger charge is 2.27. The molecule has 0 aromatic heterocycles. The fourth-order valence-electron chi connectivity index (χ4n) is 3.75. The molecule has 20 heavy (non-hydrogen) atoms. The summed E-state index contributed by atoms with van der Waals surface area (Å²) >= 11 is 0. The number of nitrogens with zero attached hydrogens (tertiary/aromatic N) is 1. The van der Waals surface area contributed by atoms with E-state index in [-0.39, 0.29) is 12.4 Å². The first-order chi connectivity index (χ1) is 9.31. The molecule has 1 aliphatic heterocycles. The number of amides is 1. The van der Waals surface area contributed by atoms with Gasteiger partial charge in [-0.05, 0) is 51.0 Å². The van der Waals surface area contributed by atoms with Crippen LogP contribution in [-0.2, 0) is 4.79 Å². The number of nitrogens with two attached hydrogens (primary N) is 1. The lowest BCUT2D eigenvalue weighted by molar-refractivity contribution is -0.136. The molecule has 1 heterocycles. The maximum Gasteiger partial charge on any atom is 0.223 e. The highest BCUT2D eigenvalue weighted by molar-refractivity contribution is 5.85. The fraction of sp³-hybridized carbons (Fsp3) is 0.938. The van der Waals surface area contributed by atoms with Crippen LogP contribution in [0.4, 0.5) is 0 Å². The zero-order valence-corrected chi connectivity index (χ0v) is 13.5. The molecule has 1 aliphatic carbocycles. The first kappa shape index (κ1) is 17.8. The number of carbonyl (C=O) groups is 1. The van der Waals surface area contributed by atoms with Crippen molar-refractivity contribution in [2.45, 2.75) is 76.7 Å². The molecule has 1 amide bonds. The Balaban J connectivity index is 0.00000200. The predicted octanol–water partition coefficient (Wildman–Crippen LogP) is 3.50. The molecule has 0 aromatic carbocycles. The van der Waals surface area contributed by atoms with E-state index in [2.05, 4.69) is 4.90 Å².